The van der Waals surface area contributed by atoms with Crippen LogP contribution in [-0.4, -0.2) is 24.3 Å². The predicted octanol–water partition coefficient (Wildman–Crippen LogP) is 4.75. The van der Waals surface area contributed by atoms with Gasteiger partial charge in [-0.2, -0.15) is 0 Å². The van der Waals surface area contributed by atoms with Crippen molar-refractivity contribution in [2.45, 2.75) is 53.1 Å². The maximum atomic E-state index is 11.6. The summed E-state index contributed by atoms with van der Waals surface area (Å²) in [5.41, 5.74) is 7.78. The second kappa shape index (κ2) is 11.1. The van der Waals surface area contributed by atoms with Crippen LogP contribution < -0.4 is 20.7 Å². The first-order valence-electron chi connectivity index (χ1n) is 12.3. The summed E-state index contributed by atoms with van der Waals surface area (Å²) < 4.78 is 10.4. The molecule has 0 bridgehead atoms. The standard InChI is InChI=1S/C29H35N3O4/c1-6-35-26(34)16-36-21-9-12-24(25(33)15-21)29-31-27(22-10-7-17(2)13-19(22)4)30-28(32-29)23-11-8-18(3)14-20(23)5/h7-15,27-33H,6,16H2,1-5H3. The summed E-state index contributed by atoms with van der Waals surface area (Å²) >= 11 is 0. The van der Waals surface area contributed by atoms with Crippen LogP contribution in [0, 0.1) is 27.7 Å². The smallest absolute Gasteiger partial charge is 0.344 e. The number of carbonyl (C=O) groups is 1. The van der Waals surface area contributed by atoms with Gasteiger partial charge in [0.05, 0.1) is 25.1 Å². The third-order valence-electron chi connectivity index (χ3n) is 6.45. The molecule has 1 heterocycles. The van der Waals surface area contributed by atoms with E-state index in [2.05, 4.69) is 80.0 Å². The van der Waals surface area contributed by atoms with Gasteiger partial charge < -0.3 is 14.6 Å². The van der Waals surface area contributed by atoms with Crippen molar-refractivity contribution in [1.29, 1.82) is 0 Å². The molecule has 1 saturated heterocycles. The largest absolute Gasteiger partial charge is 0.507 e. The van der Waals surface area contributed by atoms with Crippen LogP contribution in [0.1, 0.15) is 64.4 Å². The zero-order valence-electron chi connectivity index (χ0n) is 21.5. The second-order valence-electron chi connectivity index (χ2n) is 9.33. The Bertz CT molecular complexity index is 1180. The first-order chi connectivity index (χ1) is 17.2. The molecule has 7 heteroatoms. The van der Waals surface area contributed by atoms with E-state index in [1.165, 1.54) is 28.3 Å². The number of rotatable bonds is 7. The number of aryl methyl sites for hydroxylation is 4. The molecule has 4 N–H and O–H groups in total. The third kappa shape index (κ3) is 5.87. The SMILES string of the molecule is CCOC(=O)COc1ccc(C2NC(c3ccc(C)cc3C)NC(c3ccc(C)cc3C)N2)c(O)c1. The van der Waals surface area contributed by atoms with Crippen LogP contribution in [-0.2, 0) is 9.53 Å². The van der Waals surface area contributed by atoms with E-state index >= 15 is 0 Å². The normalized spacial score (nSPS) is 19.6. The number of aromatic hydroxyl groups is 1. The highest BCUT2D eigenvalue weighted by Gasteiger charge is 2.32. The summed E-state index contributed by atoms with van der Waals surface area (Å²) in [6.45, 7) is 10.2. The minimum Gasteiger partial charge on any atom is -0.507 e. The minimum atomic E-state index is -0.449. The fourth-order valence-corrected chi connectivity index (χ4v) is 4.68. The Morgan fingerprint density at radius 3 is 1.75 bits per heavy atom. The van der Waals surface area contributed by atoms with E-state index in [1.54, 1.807) is 13.0 Å². The average Bonchev–Trinajstić information content (AvgIpc) is 2.82. The topological polar surface area (TPSA) is 91.9 Å². The van der Waals surface area contributed by atoms with Gasteiger partial charge in [0.15, 0.2) is 6.61 Å². The molecule has 3 aromatic carbocycles. The van der Waals surface area contributed by atoms with E-state index < -0.39 is 5.97 Å². The van der Waals surface area contributed by atoms with Gasteiger partial charge in [-0.05, 0) is 69.0 Å². The summed E-state index contributed by atoms with van der Waals surface area (Å²) in [6, 6.07) is 17.9. The third-order valence-corrected chi connectivity index (χ3v) is 6.45. The zero-order chi connectivity index (χ0) is 25.8. The molecular formula is C29H35N3O4. The van der Waals surface area contributed by atoms with E-state index in [1.807, 2.05) is 6.07 Å². The minimum absolute atomic E-state index is 0.0713. The van der Waals surface area contributed by atoms with E-state index in [0.29, 0.717) is 17.9 Å². The molecule has 4 rings (SSSR count). The molecule has 0 spiro atoms. The van der Waals surface area contributed by atoms with Crippen molar-refractivity contribution in [3.63, 3.8) is 0 Å². The van der Waals surface area contributed by atoms with Gasteiger partial charge in [0, 0.05) is 11.6 Å². The van der Waals surface area contributed by atoms with Gasteiger partial charge in [-0.3, -0.25) is 16.0 Å². The fourth-order valence-electron chi connectivity index (χ4n) is 4.68. The number of hydrogen-bond donors (Lipinski definition) is 4. The van der Waals surface area contributed by atoms with Crippen LogP contribution >= 0.6 is 0 Å². The van der Waals surface area contributed by atoms with Crippen molar-refractivity contribution in [3.8, 4) is 11.5 Å². The van der Waals surface area contributed by atoms with Crippen molar-refractivity contribution >= 4 is 5.97 Å². The maximum Gasteiger partial charge on any atom is 0.344 e. The van der Waals surface area contributed by atoms with Crippen LogP contribution in [0.4, 0.5) is 0 Å². The summed E-state index contributed by atoms with van der Waals surface area (Å²) in [7, 11) is 0. The van der Waals surface area contributed by atoms with Crippen LogP contribution in [0.3, 0.4) is 0 Å². The molecule has 2 atom stereocenters. The van der Waals surface area contributed by atoms with Crippen molar-refractivity contribution in [2.24, 2.45) is 0 Å². The molecule has 36 heavy (non-hydrogen) atoms. The lowest BCUT2D eigenvalue weighted by Crippen LogP contribution is -2.54. The number of carbonyl (C=O) groups excluding carboxylic acids is 1. The lowest BCUT2D eigenvalue weighted by molar-refractivity contribution is -0.145. The van der Waals surface area contributed by atoms with Crippen LogP contribution in [0.2, 0.25) is 0 Å². The maximum absolute atomic E-state index is 11.6. The van der Waals surface area contributed by atoms with Crippen molar-refractivity contribution in [2.75, 3.05) is 13.2 Å². The summed E-state index contributed by atoms with van der Waals surface area (Å²) in [4.78, 5) is 11.6. The number of ether oxygens (including phenoxy) is 2. The molecule has 0 amide bonds. The molecule has 2 unspecified atom stereocenters. The Labute approximate surface area is 212 Å². The average molecular weight is 490 g/mol. The lowest BCUT2D eigenvalue weighted by atomic mass is 9.98. The number of benzene rings is 3. The molecular weight excluding hydrogens is 454 g/mol. The Balaban J connectivity index is 1.64. The molecule has 0 radical (unpaired) electrons. The summed E-state index contributed by atoms with van der Waals surface area (Å²) in [6.07, 6.45) is -0.648. The number of nitrogens with one attached hydrogen (secondary N) is 3. The Morgan fingerprint density at radius 1 is 0.778 bits per heavy atom. The fraction of sp³-hybridized carbons (Fsp3) is 0.345. The van der Waals surface area contributed by atoms with Crippen LogP contribution in [0.15, 0.2) is 54.6 Å². The number of esters is 1. The van der Waals surface area contributed by atoms with Gasteiger partial charge in [0.25, 0.3) is 0 Å². The highest BCUT2D eigenvalue weighted by Crippen LogP contribution is 2.34. The molecule has 0 aromatic heterocycles. The Kier molecular flexibility index (Phi) is 7.94. The zero-order valence-corrected chi connectivity index (χ0v) is 21.5. The number of phenolic OH excluding ortho intramolecular Hbond substituents is 1. The van der Waals surface area contributed by atoms with E-state index in [0.717, 1.165) is 11.1 Å². The van der Waals surface area contributed by atoms with Gasteiger partial charge in [0.1, 0.15) is 11.5 Å². The highest BCUT2D eigenvalue weighted by molar-refractivity contribution is 5.71. The quantitative estimate of drug-likeness (QED) is 0.356. The molecule has 1 aliphatic rings. The van der Waals surface area contributed by atoms with Gasteiger partial charge >= 0.3 is 5.97 Å². The molecule has 190 valence electrons. The summed E-state index contributed by atoms with van der Waals surface area (Å²) in [5.74, 6) is 0.0208. The Hall–Kier alpha value is -3.39. The van der Waals surface area contributed by atoms with Crippen molar-refractivity contribution in [1.82, 2.24) is 16.0 Å². The highest BCUT2D eigenvalue weighted by atomic mass is 16.6. The van der Waals surface area contributed by atoms with Crippen molar-refractivity contribution in [3.05, 3.63) is 93.5 Å². The molecule has 3 aromatic rings. The monoisotopic (exact) mass is 489 g/mol. The van der Waals surface area contributed by atoms with Gasteiger partial charge in [-0.1, -0.05) is 47.5 Å². The molecule has 1 fully saturated rings. The van der Waals surface area contributed by atoms with Crippen molar-refractivity contribution < 1.29 is 19.4 Å². The van der Waals surface area contributed by atoms with Crippen LogP contribution in [0.5, 0.6) is 11.5 Å². The summed E-state index contributed by atoms with van der Waals surface area (Å²) in [5, 5.41) is 21.8. The number of phenols is 1. The molecule has 0 saturated carbocycles. The number of hydrogen-bond acceptors (Lipinski definition) is 7. The predicted molar refractivity (Wildman–Crippen MR) is 140 cm³/mol. The first kappa shape index (κ1) is 25.7. The van der Waals surface area contributed by atoms with Crippen LogP contribution in [0.25, 0.3) is 0 Å². The van der Waals surface area contributed by atoms with Gasteiger partial charge in [0.2, 0.25) is 0 Å². The second-order valence-corrected chi connectivity index (χ2v) is 9.33. The lowest BCUT2D eigenvalue weighted by Gasteiger charge is -2.40. The Morgan fingerprint density at radius 2 is 1.28 bits per heavy atom. The molecule has 1 aliphatic heterocycles. The van der Waals surface area contributed by atoms with E-state index in [9.17, 15) is 9.90 Å². The molecule has 7 nitrogen and oxygen atoms in total. The first-order valence-corrected chi connectivity index (χ1v) is 12.3. The van der Waals surface area contributed by atoms with E-state index in [4.69, 9.17) is 9.47 Å². The van der Waals surface area contributed by atoms with Gasteiger partial charge in [-0.25, -0.2) is 4.79 Å². The molecule has 0 aliphatic carbocycles. The van der Waals surface area contributed by atoms with Gasteiger partial charge in [-0.15, -0.1) is 0 Å². The van der Waals surface area contributed by atoms with E-state index in [-0.39, 0.29) is 30.9 Å².